The zero-order valence-electron chi connectivity index (χ0n) is 13.2. The number of rotatable bonds is 4. The maximum Gasteiger partial charge on any atom is 0.409 e. The predicted octanol–water partition coefficient (Wildman–Crippen LogP) is 0.686. The lowest BCUT2D eigenvalue weighted by molar-refractivity contribution is 0.111. The number of anilines is 1. The molecule has 1 fully saturated rings. The average Bonchev–Trinajstić information content (AvgIpc) is 2.54. The molecule has 0 unspecified atom stereocenters. The molecule has 2 rings (SSSR count). The number of carbonyl (C=O) groups is 2. The molecular formula is C14H20N4O5S. The molecule has 0 radical (unpaired) electrons. The molecule has 0 atom stereocenters. The van der Waals surface area contributed by atoms with Crippen LogP contribution in [0.5, 0.6) is 0 Å². The molecule has 1 aliphatic heterocycles. The average molecular weight is 356 g/mol. The monoisotopic (exact) mass is 356 g/mol. The van der Waals surface area contributed by atoms with Crippen LogP contribution in [-0.4, -0.2) is 51.7 Å². The number of hydrogen-bond acceptors (Lipinski definition) is 5. The van der Waals surface area contributed by atoms with E-state index in [2.05, 4.69) is 14.8 Å². The maximum atomic E-state index is 12.4. The van der Waals surface area contributed by atoms with E-state index in [0.29, 0.717) is 31.6 Å². The molecule has 3 amide bonds. The number of nitrogens with zero attached hydrogens (tertiary/aromatic N) is 1. The van der Waals surface area contributed by atoms with Crippen LogP contribution in [0.3, 0.4) is 0 Å². The van der Waals surface area contributed by atoms with Gasteiger partial charge in [0.2, 0.25) is 10.0 Å². The first kappa shape index (κ1) is 18.0. The SMILES string of the molecule is COC(=O)N1CCC(NS(=O)(=O)c2ccc(NC(N)=O)cc2)CC1. The second kappa shape index (κ2) is 7.49. The summed E-state index contributed by atoms with van der Waals surface area (Å²) in [5.41, 5.74) is 5.41. The number of nitrogens with two attached hydrogens (primary N) is 1. The van der Waals surface area contributed by atoms with E-state index < -0.39 is 22.1 Å². The van der Waals surface area contributed by atoms with E-state index in [1.54, 1.807) is 0 Å². The first-order valence-electron chi connectivity index (χ1n) is 7.33. The van der Waals surface area contributed by atoms with Crippen molar-refractivity contribution >= 4 is 27.8 Å². The lowest BCUT2D eigenvalue weighted by Crippen LogP contribution is -2.46. The Balaban J connectivity index is 1.96. The highest BCUT2D eigenvalue weighted by Gasteiger charge is 2.27. The van der Waals surface area contributed by atoms with Gasteiger partial charge in [-0.05, 0) is 37.1 Å². The van der Waals surface area contributed by atoms with E-state index in [-0.39, 0.29) is 10.9 Å². The molecule has 132 valence electrons. The zero-order valence-corrected chi connectivity index (χ0v) is 14.0. The summed E-state index contributed by atoms with van der Waals surface area (Å²) < 4.78 is 32.0. The van der Waals surface area contributed by atoms with Crippen LogP contribution in [0.1, 0.15) is 12.8 Å². The number of methoxy groups -OCH3 is 1. The number of likely N-dealkylation sites (tertiary alicyclic amines) is 1. The van der Waals surface area contributed by atoms with E-state index in [1.165, 1.54) is 36.3 Å². The van der Waals surface area contributed by atoms with E-state index in [9.17, 15) is 18.0 Å². The molecule has 0 spiro atoms. The van der Waals surface area contributed by atoms with Gasteiger partial charge in [0, 0.05) is 24.8 Å². The number of amides is 3. The first-order chi connectivity index (χ1) is 11.3. The summed E-state index contributed by atoms with van der Waals surface area (Å²) in [6.07, 6.45) is 0.611. The van der Waals surface area contributed by atoms with Crippen molar-refractivity contribution in [3.05, 3.63) is 24.3 Å². The zero-order chi connectivity index (χ0) is 17.7. The lowest BCUT2D eigenvalue weighted by Gasteiger charge is -2.31. The number of benzene rings is 1. The Morgan fingerprint density at radius 3 is 2.29 bits per heavy atom. The number of primary amides is 1. The number of sulfonamides is 1. The summed E-state index contributed by atoms with van der Waals surface area (Å²) in [6, 6.07) is 4.72. The number of nitrogens with one attached hydrogen (secondary N) is 2. The number of ether oxygens (including phenoxy) is 1. The molecule has 0 bridgehead atoms. The Morgan fingerprint density at radius 1 is 1.21 bits per heavy atom. The third kappa shape index (κ3) is 4.59. The smallest absolute Gasteiger partial charge is 0.409 e. The second-order valence-electron chi connectivity index (χ2n) is 5.37. The summed E-state index contributed by atoms with van der Waals surface area (Å²) in [4.78, 5) is 23.8. The van der Waals surface area contributed by atoms with Crippen LogP contribution < -0.4 is 15.8 Å². The van der Waals surface area contributed by atoms with Gasteiger partial charge in [0.05, 0.1) is 12.0 Å². The molecule has 9 nitrogen and oxygen atoms in total. The fourth-order valence-corrected chi connectivity index (χ4v) is 3.76. The Hall–Kier alpha value is -2.33. The van der Waals surface area contributed by atoms with E-state index in [4.69, 9.17) is 5.73 Å². The standard InChI is InChI=1S/C14H20N4O5S/c1-23-14(20)18-8-6-11(7-9-18)17-24(21,22)12-4-2-10(3-5-12)16-13(15)19/h2-5,11,17H,6-9H2,1H3,(H3,15,16,19). The summed E-state index contributed by atoms with van der Waals surface area (Å²) in [5.74, 6) is 0. The number of carbonyl (C=O) groups excluding carboxylic acids is 2. The third-order valence-electron chi connectivity index (χ3n) is 3.68. The highest BCUT2D eigenvalue weighted by molar-refractivity contribution is 7.89. The first-order valence-corrected chi connectivity index (χ1v) is 8.82. The van der Waals surface area contributed by atoms with E-state index in [1.807, 2.05) is 0 Å². The van der Waals surface area contributed by atoms with Gasteiger partial charge in [0.25, 0.3) is 0 Å². The van der Waals surface area contributed by atoms with Gasteiger partial charge in [-0.25, -0.2) is 22.7 Å². The molecule has 4 N–H and O–H groups in total. The molecule has 0 saturated carbocycles. The molecule has 1 aromatic rings. The van der Waals surface area contributed by atoms with Crippen LogP contribution in [-0.2, 0) is 14.8 Å². The molecule has 1 saturated heterocycles. The molecule has 10 heteroatoms. The Morgan fingerprint density at radius 2 is 1.79 bits per heavy atom. The van der Waals surface area contributed by atoms with Gasteiger partial charge in [-0.15, -0.1) is 0 Å². The molecule has 1 aliphatic rings. The van der Waals surface area contributed by atoms with Gasteiger partial charge in [-0.3, -0.25) is 0 Å². The fourth-order valence-electron chi connectivity index (χ4n) is 2.46. The van der Waals surface area contributed by atoms with Crippen molar-refractivity contribution in [3.63, 3.8) is 0 Å². The summed E-state index contributed by atoms with van der Waals surface area (Å²) in [6.45, 7) is 0.864. The molecule has 1 heterocycles. The largest absolute Gasteiger partial charge is 0.453 e. The minimum Gasteiger partial charge on any atom is -0.453 e. The van der Waals surface area contributed by atoms with Gasteiger partial charge >= 0.3 is 12.1 Å². The van der Waals surface area contributed by atoms with Crippen LogP contribution in [0.25, 0.3) is 0 Å². The lowest BCUT2D eigenvalue weighted by atomic mass is 10.1. The topological polar surface area (TPSA) is 131 Å². The normalized spacial score (nSPS) is 15.8. The summed E-state index contributed by atoms with van der Waals surface area (Å²) >= 11 is 0. The number of piperidine rings is 1. The Kier molecular flexibility index (Phi) is 5.62. The summed E-state index contributed by atoms with van der Waals surface area (Å²) in [7, 11) is -2.36. The van der Waals surface area contributed by atoms with Gasteiger partial charge < -0.3 is 20.7 Å². The van der Waals surface area contributed by atoms with Crippen molar-refractivity contribution in [1.82, 2.24) is 9.62 Å². The van der Waals surface area contributed by atoms with Gasteiger partial charge in [0.15, 0.2) is 0 Å². The van der Waals surface area contributed by atoms with Crippen molar-refractivity contribution in [2.75, 3.05) is 25.5 Å². The molecule has 0 aromatic heterocycles. The number of hydrogen-bond donors (Lipinski definition) is 3. The van der Waals surface area contributed by atoms with Gasteiger partial charge in [-0.1, -0.05) is 0 Å². The van der Waals surface area contributed by atoms with E-state index in [0.717, 1.165) is 0 Å². The van der Waals surface area contributed by atoms with E-state index >= 15 is 0 Å². The van der Waals surface area contributed by atoms with Gasteiger partial charge in [-0.2, -0.15) is 0 Å². The fraction of sp³-hybridized carbons (Fsp3) is 0.429. The van der Waals surface area contributed by atoms with Crippen LogP contribution in [0, 0.1) is 0 Å². The van der Waals surface area contributed by atoms with Crippen LogP contribution >= 0.6 is 0 Å². The molecule has 0 aliphatic carbocycles. The highest BCUT2D eigenvalue weighted by atomic mass is 32.2. The van der Waals surface area contributed by atoms with Crippen molar-refractivity contribution in [2.45, 2.75) is 23.8 Å². The van der Waals surface area contributed by atoms with Crippen molar-refractivity contribution in [3.8, 4) is 0 Å². The summed E-state index contributed by atoms with van der Waals surface area (Å²) in [5, 5.41) is 2.36. The minimum atomic E-state index is -3.68. The molecular weight excluding hydrogens is 336 g/mol. The van der Waals surface area contributed by atoms with Crippen molar-refractivity contribution in [1.29, 1.82) is 0 Å². The molecule has 1 aromatic carbocycles. The predicted molar refractivity (Wildman–Crippen MR) is 87.0 cm³/mol. The van der Waals surface area contributed by atoms with Crippen molar-refractivity contribution in [2.24, 2.45) is 5.73 Å². The second-order valence-corrected chi connectivity index (χ2v) is 7.08. The Bertz CT molecular complexity index is 696. The Labute approximate surface area is 140 Å². The minimum absolute atomic E-state index is 0.0907. The van der Waals surface area contributed by atoms with Crippen LogP contribution in [0.15, 0.2) is 29.2 Å². The maximum absolute atomic E-state index is 12.4. The quantitative estimate of drug-likeness (QED) is 0.730. The highest BCUT2D eigenvalue weighted by Crippen LogP contribution is 2.17. The van der Waals surface area contributed by atoms with Crippen molar-refractivity contribution < 1.29 is 22.7 Å². The third-order valence-corrected chi connectivity index (χ3v) is 5.22. The van der Waals surface area contributed by atoms with Crippen LogP contribution in [0.2, 0.25) is 0 Å². The number of urea groups is 1. The van der Waals surface area contributed by atoms with Gasteiger partial charge in [0.1, 0.15) is 0 Å². The molecule has 24 heavy (non-hydrogen) atoms. The van der Waals surface area contributed by atoms with Crippen LogP contribution in [0.4, 0.5) is 15.3 Å².